The Labute approximate surface area is 105 Å². The second kappa shape index (κ2) is 4.81. The molecule has 2 fully saturated rings. The van der Waals surface area contributed by atoms with Gasteiger partial charge in [-0.05, 0) is 62.1 Å². The third-order valence-electron chi connectivity index (χ3n) is 4.49. The molecule has 0 heterocycles. The number of benzene rings is 1. The van der Waals surface area contributed by atoms with Gasteiger partial charge in [0.05, 0.1) is 0 Å². The molecule has 2 aliphatic carbocycles. The molecule has 2 saturated carbocycles. The van der Waals surface area contributed by atoms with Crippen molar-refractivity contribution in [3.63, 3.8) is 0 Å². The molecule has 0 radical (unpaired) electrons. The molecule has 1 nitrogen and oxygen atoms in total. The van der Waals surface area contributed by atoms with Gasteiger partial charge in [-0.1, -0.05) is 30.7 Å². The zero-order chi connectivity index (χ0) is 11.7. The summed E-state index contributed by atoms with van der Waals surface area (Å²) in [4.78, 5) is 0. The number of rotatable bonds is 4. The average molecular weight is 229 g/mol. The molecule has 1 aromatic rings. The molecule has 1 heteroatoms. The highest BCUT2D eigenvalue weighted by Gasteiger charge is 2.31. The third-order valence-corrected chi connectivity index (χ3v) is 4.49. The van der Waals surface area contributed by atoms with E-state index in [9.17, 15) is 0 Å². The van der Waals surface area contributed by atoms with Gasteiger partial charge in [0.25, 0.3) is 0 Å². The Bertz CT molecular complexity index is 381. The summed E-state index contributed by atoms with van der Waals surface area (Å²) in [6.45, 7) is 3.50. The lowest BCUT2D eigenvalue weighted by molar-refractivity contribution is 0.442. The van der Waals surface area contributed by atoms with E-state index in [-0.39, 0.29) is 0 Å². The van der Waals surface area contributed by atoms with Crippen LogP contribution in [0.2, 0.25) is 0 Å². The van der Waals surface area contributed by atoms with Crippen molar-refractivity contribution in [3.8, 4) is 0 Å². The van der Waals surface area contributed by atoms with Crippen LogP contribution in [0.25, 0.3) is 0 Å². The summed E-state index contributed by atoms with van der Waals surface area (Å²) in [6, 6.07) is 9.82. The maximum atomic E-state index is 3.72. The fourth-order valence-electron chi connectivity index (χ4n) is 3.30. The van der Waals surface area contributed by atoms with Gasteiger partial charge in [-0.2, -0.15) is 0 Å². The zero-order valence-electron chi connectivity index (χ0n) is 10.8. The summed E-state index contributed by atoms with van der Waals surface area (Å²) in [5.41, 5.74) is 3.09. The maximum absolute atomic E-state index is 3.72. The summed E-state index contributed by atoms with van der Waals surface area (Å²) in [6.07, 6.45) is 7.03. The highest BCUT2D eigenvalue weighted by atomic mass is 14.9. The van der Waals surface area contributed by atoms with Crippen molar-refractivity contribution in [2.24, 2.45) is 5.92 Å². The molecule has 1 N–H and O–H groups in total. The summed E-state index contributed by atoms with van der Waals surface area (Å²) in [5, 5.41) is 3.72. The summed E-state index contributed by atoms with van der Waals surface area (Å²) in [7, 11) is 0. The van der Waals surface area contributed by atoms with Crippen molar-refractivity contribution in [2.75, 3.05) is 6.54 Å². The molecule has 0 aromatic heterocycles. The highest BCUT2D eigenvalue weighted by molar-refractivity contribution is 5.30. The first-order valence-corrected chi connectivity index (χ1v) is 7.13. The Morgan fingerprint density at radius 2 is 1.94 bits per heavy atom. The molecule has 0 saturated heterocycles. The lowest BCUT2D eigenvalue weighted by atomic mass is 9.86. The minimum absolute atomic E-state index is 0.808. The van der Waals surface area contributed by atoms with Crippen molar-refractivity contribution in [3.05, 3.63) is 35.4 Å². The van der Waals surface area contributed by atoms with Crippen LogP contribution < -0.4 is 5.32 Å². The quantitative estimate of drug-likeness (QED) is 0.831. The molecule has 0 aliphatic heterocycles. The van der Waals surface area contributed by atoms with Gasteiger partial charge >= 0.3 is 0 Å². The van der Waals surface area contributed by atoms with Gasteiger partial charge in [0, 0.05) is 6.04 Å². The molecule has 3 rings (SSSR count). The Morgan fingerprint density at radius 3 is 2.71 bits per heavy atom. The summed E-state index contributed by atoms with van der Waals surface area (Å²) in [5.74, 6) is 1.68. The van der Waals surface area contributed by atoms with Crippen LogP contribution in [0.15, 0.2) is 24.3 Å². The molecule has 0 bridgehead atoms. The van der Waals surface area contributed by atoms with Gasteiger partial charge in [-0.3, -0.25) is 0 Å². The van der Waals surface area contributed by atoms with Gasteiger partial charge in [0.1, 0.15) is 0 Å². The van der Waals surface area contributed by atoms with Crippen LogP contribution in [0.5, 0.6) is 0 Å². The third kappa shape index (κ3) is 2.55. The van der Waals surface area contributed by atoms with Crippen LogP contribution in [0.1, 0.15) is 49.1 Å². The molecular formula is C16H23N. The van der Waals surface area contributed by atoms with Crippen LogP contribution in [0, 0.1) is 12.8 Å². The van der Waals surface area contributed by atoms with E-state index in [4.69, 9.17) is 0 Å². The van der Waals surface area contributed by atoms with Crippen LogP contribution in [0.4, 0.5) is 0 Å². The van der Waals surface area contributed by atoms with Crippen molar-refractivity contribution in [1.29, 1.82) is 0 Å². The van der Waals surface area contributed by atoms with Gasteiger partial charge in [-0.25, -0.2) is 0 Å². The van der Waals surface area contributed by atoms with E-state index in [1.165, 1.54) is 44.2 Å². The van der Waals surface area contributed by atoms with E-state index < -0.39 is 0 Å². The smallest absolute Gasteiger partial charge is 0.00683 e. The molecule has 1 aromatic carbocycles. The van der Waals surface area contributed by atoms with E-state index in [1.54, 1.807) is 5.56 Å². The number of hydrogen-bond donors (Lipinski definition) is 1. The van der Waals surface area contributed by atoms with Gasteiger partial charge < -0.3 is 5.32 Å². The molecular weight excluding hydrogens is 206 g/mol. The first kappa shape index (κ1) is 11.3. The first-order chi connectivity index (χ1) is 8.34. The van der Waals surface area contributed by atoms with E-state index in [0.29, 0.717) is 0 Å². The lowest BCUT2D eigenvalue weighted by Gasteiger charge is -2.22. The minimum Gasteiger partial charge on any atom is -0.314 e. The second-order valence-corrected chi connectivity index (χ2v) is 5.84. The predicted molar refractivity (Wildman–Crippen MR) is 72.3 cm³/mol. The van der Waals surface area contributed by atoms with Gasteiger partial charge in [0.15, 0.2) is 0 Å². The number of nitrogens with one attached hydrogen (secondary N) is 1. The highest BCUT2D eigenvalue weighted by Crippen LogP contribution is 2.40. The first-order valence-electron chi connectivity index (χ1n) is 7.13. The second-order valence-electron chi connectivity index (χ2n) is 5.84. The topological polar surface area (TPSA) is 12.0 Å². The van der Waals surface area contributed by atoms with Crippen LogP contribution in [-0.4, -0.2) is 12.6 Å². The molecule has 2 aliphatic rings. The average Bonchev–Trinajstić information content (AvgIpc) is 3.06. The van der Waals surface area contributed by atoms with Crippen molar-refractivity contribution >= 4 is 0 Å². The summed E-state index contributed by atoms with van der Waals surface area (Å²) < 4.78 is 0. The molecule has 2 atom stereocenters. The van der Waals surface area contributed by atoms with Gasteiger partial charge in [-0.15, -0.1) is 0 Å². The van der Waals surface area contributed by atoms with E-state index >= 15 is 0 Å². The van der Waals surface area contributed by atoms with E-state index in [0.717, 1.165) is 17.9 Å². The Hall–Kier alpha value is -0.820. The van der Waals surface area contributed by atoms with Crippen molar-refractivity contribution in [2.45, 2.75) is 51.0 Å². The predicted octanol–water partition coefficient (Wildman–Crippen LogP) is 3.63. The molecule has 92 valence electrons. The molecule has 2 unspecified atom stereocenters. The fourth-order valence-corrected chi connectivity index (χ4v) is 3.30. The van der Waals surface area contributed by atoms with E-state index in [2.05, 4.69) is 36.5 Å². The van der Waals surface area contributed by atoms with Gasteiger partial charge in [0.2, 0.25) is 0 Å². The monoisotopic (exact) mass is 229 g/mol. The van der Waals surface area contributed by atoms with Crippen LogP contribution in [0.3, 0.4) is 0 Å². The Kier molecular flexibility index (Phi) is 3.19. The standard InChI is InChI=1S/C16H23N/c1-12-5-2-3-7-15(12)16-8-4-6-13(16)11-17-14-9-10-14/h2-3,5,7,13-14,16-17H,4,6,8-11H2,1H3. The molecule has 17 heavy (non-hydrogen) atoms. The maximum Gasteiger partial charge on any atom is 0.00683 e. The van der Waals surface area contributed by atoms with E-state index in [1.807, 2.05) is 0 Å². The number of hydrogen-bond acceptors (Lipinski definition) is 1. The zero-order valence-corrected chi connectivity index (χ0v) is 10.8. The number of aryl methyl sites for hydroxylation is 1. The largest absolute Gasteiger partial charge is 0.314 e. The minimum atomic E-state index is 0.808. The summed E-state index contributed by atoms with van der Waals surface area (Å²) >= 11 is 0. The van der Waals surface area contributed by atoms with Crippen molar-refractivity contribution < 1.29 is 0 Å². The normalized spacial score (nSPS) is 28.5. The molecule has 0 spiro atoms. The molecule has 0 amide bonds. The Balaban J connectivity index is 1.69. The Morgan fingerprint density at radius 1 is 1.12 bits per heavy atom. The van der Waals surface area contributed by atoms with Crippen LogP contribution >= 0.6 is 0 Å². The van der Waals surface area contributed by atoms with Crippen LogP contribution in [-0.2, 0) is 0 Å². The van der Waals surface area contributed by atoms with Crippen molar-refractivity contribution in [1.82, 2.24) is 5.32 Å². The fraction of sp³-hybridized carbons (Fsp3) is 0.625. The SMILES string of the molecule is Cc1ccccc1C1CCCC1CNC1CC1. The lowest BCUT2D eigenvalue weighted by Crippen LogP contribution is -2.26.